The van der Waals surface area contributed by atoms with Crippen molar-refractivity contribution < 1.29 is 19.2 Å². The molecule has 0 aromatic heterocycles. The molecule has 7 nitrogen and oxygen atoms in total. The second-order valence-electron chi connectivity index (χ2n) is 5.59. The van der Waals surface area contributed by atoms with Gasteiger partial charge in [0, 0.05) is 16.6 Å². The van der Waals surface area contributed by atoms with Gasteiger partial charge in [0.25, 0.3) is 0 Å². The molecule has 1 heterocycles. The van der Waals surface area contributed by atoms with Gasteiger partial charge in [-0.15, -0.1) is 0 Å². The smallest absolute Gasteiger partial charge is 0.334 e. The average Bonchev–Trinajstić information content (AvgIpc) is 2.73. The average molecular weight is 386 g/mol. The van der Waals surface area contributed by atoms with Gasteiger partial charge in [0.2, 0.25) is 5.91 Å². The monoisotopic (exact) mass is 385 g/mol. The number of nitrogens with zero attached hydrogens (tertiary/aromatic N) is 2. The van der Waals surface area contributed by atoms with E-state index in [9.17, 15) is 19.2 Å². The maximum absolute atomic E-state index is 12.2. The molecule has 0 aliphatic carbocycles. The fraction of sp³-hybridized carbons (Fsp3) is 0.375. The molecule has 0 spiro atoms. The van der Waals surface area contributed by atoms with Gasteiger partial charge in [-0.25, -0.2) is 9.69 Å². The van der Waals surface area contributed by atoms with Crippen LogP contribution in [-0.2, 0) is 14.4 Å². The minimum atomic E-state index is -0.995. The normalized spacial score (nSPS) is 15.8. The van der Waals surface area contributed by atoms with Gasteiger partial charge < -0.3 is 5.32 Å². The maximum Gasteiger partial charge on any atom is 0.334 e. The second kappa shape index (κ2) is 7.84. The first-order valence-corrected chi connectivity index (χ1v) is 8.43. The summed E-state index contributed by atoms with van der Waals surface area (Å²) in [4.78, 5) is 49.4. The Kier molecular flexibility index (Phi) is 6.02. The van der Waals surface area contributed by atoms with Gasteiger partial charge in [0.15, 0.2) is 0 Å². The Morgan fingerprint density at radius 1 is 1.16 bits per heavy atom. The predicted molar refractivity (Wildman–Crippen MR) is 92.1 cm³/mol. The van der Waals surface area contributed by atoms with E-state index in [0.29, 0.717) is 26.9 Å². The fourth-order valence-corrected chi connectivity index (χ4v) is 3.04. The number of carbonyl (C=O) groups excluding carboxylic acids is 4. The van der Waals surface area contributed by atoms with Crippen molar-refractivity contribution in [3.05, 3.63) is 33.8 Å². The van der Waals surface area contributed by atoms with Crippen molar-refractivity contribution in [2.45, 2.75) is 26.3 Å². The second-order valence-corrected chi connectivity index (χ2v) is 6.43. The molecular weight excluding hydrogens is 369 g/mol. The third-order valence-electron chi connectivity index (χ3n) is 3.69. The van der Waals surface area contributed by atoms with Crippen LogP contribution >= 0.6 is 23.2 Å². The number of halogens is 2. The van der Waals surface area contributed by atoms with Crippen LogP contribution in [0.2, 0.25) is 10.0 Å². The molecule has 134 valence electrons. The summed E-state index contributed by atoms with van der Waals surface area (Å²) in [6.07, 6.45) is 0.525. The number of imide groups is 2. The highest BCUT2D eigenvalue weighted by Gasteiger charge is 2.44. The zero-order chi connectivity index (χ0) is 18.7. The zero-order valence-electron chi connectivity index (χ0n) is 13.7. The summed E-state index contributed by atoms with van der Waals surface area (Å²) < 4.78 is 0. The van der Waals surface area contributed by atoms with E-state index in [2.05, 4.69) is 5.32 Å². The lowest BCUT2D eigenvalue weighted by atomic mass is 10.1. The lowest BCUT2D eigenvalue weighted by Gasteiger charge is -2.18. The Morgan fingerprint density at radius 3 is 2.40 bits per heavy atom. The van der Waals surface area contributed by atoms with Crippen LogP contribution in [0.15, 0.2) is 18.2 Å². The van der Waals surface area contributed by atoms with Gasteiger partial charge in [0.05, 0.1) is 6.04 Å². The van der Waals surface area contributed by atoms with Crippen LogP contribution in [0.3, 0.4) is 0 Å². The van der Waals surface area contributed by atoms with Crippen LogP contribution < -0.4 is 5.32 Å². The molecule has 1 N–H and O–H groups in total. The molecule has 0 saturated carbocycles. The van der Waals surface area contributed by atoms with E-state index < -0.39 is 36.3 Å². The molecule has 1 fully saturated rings. The van der Waals surface area contributed by atoms with Crippen molar-refractivity contribution in [2.24, 2.45) is 0 Å². The molecule has 25 heavy (non-hydrogen) atoms. The number of carbonyl (C=O) groups is 4. The molecule has 2 rings (SSSR count). The number of hydrogen-bond acceptors (Lipinski definition) is 4. The first-order valence-electron chi connectivity index (χ1n) is 7.67. The molecule has 1 aromatic carbocycles. The molecule has 1 aliphatic rings. The highest BCUT2D eigenvalue weighted by molar-refractivity contribution is 6.45. The van der Waals surface area contributed by atoms with Crippen LogP contribution in [-0.4, -0.2) is 46.6 Å². The van der Waals surface area contributed by atoms with Crippen LogP contribution in [0.25, 0.3) is 0 Å². The van der Waals surface area contributed by atoms with Crippen LogP contribution in [0.4, 0.5) is 4.79 Å². The van der Waals surface area contributed by atoms with Gasteiger partial charge in [0.1, 0.15) is 6.54 Å². The van der Waals surface area contributed by atoms with E-state index in [1.54, 1.807) is 32.0 Å². The molecule has 9 heteroatoms. The van der Waals surface area contributed by atoms with Crippen molar-refractivity contribution in [2.75, 3.05) is 13.1 Å². The summed E-state index contributed by atoms with van der Waals surface area (Å²) in [5, 5.41) is 3.50. The number of urea groups is 1. The molecule has 1 saturated heterocycles. The fourth-order valence-electron chi connectivity index (χ4n) is 2.47. The van der Waals surface area contributed by atoms with E-state index >= 15 is 0 Å². The largest absolute Gasteiger partial charge is 0.348 e. The van der Waals surface area contributed by atoms with E-state index in [1.807, 2.05) is 0 Å². The zero-order valence-corrected chi connectivity index (χ0v) is 15.2. The summed E-state index contributed by atoms with van der Waals surface area (Å²) in [6, 6.07) is 3.63. The number of rotatable bonds is 6. The Morgan fingerprint density at radius 2 is 1.80 bits per heavy atom. The minimum Gasteiger partial charge on any atom is -0.348 e. The topological polar surface area (TPSA) is 86.8 Å². The molecule has 0 radical (unpaired) electrons. The lowest BCUT2D eigenvalue weighted by molar-refractivity contribution is -0.144. The van der Waals surface area contributed by atoms with Crippen LogP contribution in [0, 0.1) is 0 Å². The van der Waals surface area contributed by atoms with Gasteiger partial charge in [-0.2, -0.15) is 0 Å². The number of benzene rings is 1. The van der Waals surface area contributed by atoms with Gasteiger partial charge >= 0.3 is 17.8 Å². The lowest BCUT2D eigenvalue weighted by Crippen LogP contribution is -2.42. The van der Waals surface area contributed by atoms with E-state index in [-0.39, 0.29) is 6.54 Å². The highest BCUT2D eigenvalue weighted by Crippen LogP contribution is 2.26. The first kappa shape index (κ1) is 19.2. The summed E-state index contributed by atoms with van der Waals surface area (Å²) >= 11 is 11.9. The summed E-state index contributed by atoms with van der Waals surface area (Å²) in [7, 11) is 0. The third-order valence-corrected chi connectivity index (χ3v) is 4.25. The molecular formula is C16H17Cl2N3O4. The Balaban J connectivity index is 2.03. The van der Waals surface area contributed by atoms with Gasteiger partial charge in [-0.05, 0) is 31.0 Å². The number of amides is 5. The van der Waals surface area contributed by atoms with E-state index in [4.69, 9.17) is 23.2 Å². The Hall–Kier alpha value is -2.12. The standard InChI is InChI=1S/C16H17Cl2N3O4/c1-3-6-20-14(23)15(24)21(16(20)25)8-13(22)19-9(2)11-5-4-10(17)7-12(11)18/h4-5,7,9H,3,6,8H2,1-2H3,(H,19,22)/t9-/m0/s1. The van der Waals surface area contributed by atoms with E-state index in [0.717, 1.165) is 4.90 Å². The van der Waals surface area contributed by atoms with Gasteiger partial charge in [-0.1, -0.05) is 36.2 Å². The molecule has 1 aliphatic heterocycles. The van der Waals surface area contributed by atoms with Crippen LogP contribution in [0.5, 0.6) is 0 Å². The summed E-state index contributed by atoms with van der Waals surface area (Å²) in [6.45, 7) is 3.09. The molecule has 1 aromatic rings. The predicted octanol–water partition coefficient (Wildman–Crippen LogP) is 2.37. The number of nitrogens with one attached hydrogen (secondary N) is 1. The highest BCUT2D eigenvalue weighted by atomic mass is 35.5. The van der Waals surface area contributed by atoms with Crippen molar-refractivity contribution >= 4 is 47.0 Å². The first-order chi connectivity index (χ1) is 11.8. The molecule has 5 amide bonds. The summed E-state index contributed by atoms with van der Waals surface area (Å²) in [5.41, 5.74) is 0.641. The Labute approximate surface area is 154 Å². The summed E-state index contributed by atoms with van der Waals surface area (Å²) in [5.74, 6) is -2.48. The van der Waals surface area contributed by atoms with Crippen molar-refractivity contribution in [1.29, 1.82) is 0 Å². The number of hydrogen-bond donors (Lipinski definition) is 1. The Bertz CT molecular complexity index is 738. The minimum absolute atomic E-state index is 0.137. The quantitative estimate of drug-likeness (QED) is 0.601. The SMILES string of the molecule is CCCN1C(=O)C(=O)N(CC(=O)N[C@@H](C)c2ccc(Cl)cc2Cl)C1=O. The van der Waals surface area contributed by atoms with Crippen molar-refractivity contribution in [3.8, 4) is 0 Å². The maximum atomic E-state index is 12.2. The van der Waals surface area contributed by atoms with Gasteiger partial charge in [-0.3, -0.25) is 19.3 Å². The third kappa shape index (κ3) is 4.11. The van der Waals surface area contributed by atoms with Crippen LogP contribution in [0.1, 0.15) is 31.9 Å². The molecule has 0 unspecified atom stereocenters. The molecule has 0 bridgehead atoms. The van der Waals surface area contributed by atoms with Crippen molar-refractivity contribution in [1.82, 2.24) is 15.1 Å². The molecule has 1 atom stereocenters. The van der Waals surface area contributed by atoms with Crippen molar-refractivity contribution in [3.63, 3.8) is 0 Å². The van der Waals surface area contributed by atoms with E-state index in [1.165, 1.54) is 0 Å².